The van der Waals surface area contributed by atoms with E-state index in [0.29, 0.717) is 5.69 Å². The standard InChI is InChI=1S/C17H18N2O5S/c1-24-14-9-8-12(10-15(14)25(2,22)23)17(21)18-11-16(20)19-13-6-4-3-5-7-13/h3-10H,11H2,1-2H3,(H,18,21)(H,19,20). The number of anilines is 1. The number of rotatable bonds is 6. The summed E-state index contributed by atoms with van der Waals surface area (Å²) in [6.45, 7) is -0.242. The molecule has 0 saturated carbocycles. The van der Waals surface area contributed by atoms with E-state index in [-0.39, 0.29) is 22.8 Å². The minimum Gasteiger partial charge on any atom is -0.495 e. The summed E-state index contributed by atoms with van der Waals surface area (Å²) >= 11 is 0. The molecule has 0 aromatic heterocycles. The van der Waals surface area contributed by atoms with Crippen molar-refractivity contribution in [1.82, 2.24) is 5.32 Å². The first-order valence-corrected chi connectivity index (χ1v) is 9.21. The van der Waals surface area contributed by atoms with Gasteiger partial charge in [0.2, 0.25) is 5.91 Å². The highest BCUT2D eigenvalue weighted by atomic mass is 32.2. The van der Waals surface area contributed by atoms with E-state index in [1.54, 1.807) is 24.3 Å². The summed E-state index contributed by atoms with van der Waals surface area (Å²) in [5.74, 6) is -0.798. The van der Waals surface area contributed by atoms with E-state index in [0.717, 1.165) is 6.26 Å². The lowest BCUT2D eigenvalue weighted by Crippen LogP contribution is -2.32. The Hall–Kier alpha value is -2.87. The Morgan fingerprint density at radius 1 is 1.08 bits per heavy atom. The van der Waals surface area contributed by atoms with Crippen LogP contribution >= 0.6 is 0 Å². The highest BCUT2D eigenvalue weighted by Crippen LogP contribution is 2.24. The van der Waals surface area contributed by atoms with Crippen molar-refractivity contribution in [3.8, 4) is 5.75 Å². The van der Waals surface area contributed by atoms with E-state index >= 15 is 0 Å². The van der Waals surface area contributed by atoms with E-state index < -0.39 is 21.7 Å². The number of carbonyl (C=O) groups is 2. The summed E-state index contributed by atoms with van der Waals surface area (Å²) in [5.41, 5.74) is 0.735. The fourth-order valence-electron chi connectivity index (χ4n) is 2.10. The van der Waals surface area contributed by atoms with Gasteiger partial charge >= 0.3 is 0 Å². The molecule has 0 atom stereocenters. The summed E-state index contributed by atoms with van der Waals surface area (Å²) in [6.07, 6.45) is 1.03. The number of hydrogen-bond acceptors (Lipinski definition) is 5. The lowest BCUT2D eigenvalue weighted by Gasteiger charge is -2.10. The number of sulfone groups is 1. The van der Waals surface area contributed by atoms with Crippen molar-refractivity contribution in [3.05, 3.63) is 54.1 Å². The topological polar surface area (TPSA) is 102 Å². The predicted molar refractivity (Wildman–Crippen MR) is 93.5 cm³/mol. The largest absolute Gasteiger partial charge is 0.495 e. The second-order valence-electron chi connectivity index (χ2n) is 5.23. The zero-order valence-corrected chi connectivity index (χ0v) is 14.6. The monoisotopic (exact) mass is 362 g/mol. The van der Waals surface area contributed by atoms with Crippen LogP contribution in [0.25, 0.3) is 0 Å². The van der Waals surface area contributed by atoms with Gasteiger partial charge in [0.25, 0.3) is 5.91 Å². The first-order chi connectivity index (χ1) is 11.8. The van der Waals surface area contributed by atoms with Gasteiger partial charge < -0.3 is 15.4 Å². The van der Waals surface area contributed by atoms with E-state index in [4.69, 9.17) is 4.74 Å². The summed E-state index contributed by atoms with van der Waals surface area (Å²) in [7, 11) is -2.21. The number of carbonyl (C=O) groups excluding carboxylic acids is 2. The van der Waals surface area contributed by atoms with Gasteiger partial charge in [-0.1, -0.05) is 18.2 Å². The van der Waals surface area contributed by atoms with Gasteiger partial charge in [-0.3, -0.25) is 9.59 Å². The molecule has 0 radical (unpaired) electrons. The molecule has 0 aliphatic heterocycles. The lowest BCUT2D eigenvalue weighted by molar-refractivity contribution is -0.115. The predicted octanol–water partition coefficient (Wildman–Crippen LogP) is 1.47. The molecule has 2 N–H and O–H groups in total. The fourth-order valence-corrected chi connectivity index (χ4v) is 2.95. The van der Waals surface area contributed by atoms with Crippen LogP contribution in [0.2, 0.25) is 0 Å². The van der Waals surface area contributed by atoms with Gasteiger partial charge in [-0.05, 0) is 30.3 Å². The van der Waals surface area contributed by atoms with Gasteiger partial charge in [0.05, 0.1) is 13.7 Å². The maximum Gasteiger partial charge on any atom is 0.251 e. The minimum absolute atomic E-state index is 0.0867. The number of benzene rings is 2. The summed E-state index contributed by atoms with van der Waals surface area (Å²) in [6, 6.07) is 12.9. The minimum atomic E-state index is -3.56. The number of methoxy groups -OCH3 is 1. The Bertz CT molecular complexity index is 879. The van der Waals surface area contributed by atoms with Crippen molar-refractivity contribution >= 4 is 27.3 Å². The van der Waals surface area contributed by atoms with Gasteiger partial charge in [0.15, 0.2) is 9.84 Å². The van der Waals surface area contributed by atoms with Crippen LogP contribution in [0.15, 0.2) is 53.4 Å². The van der Waals surface area contributed by atoms with Crippen LogP contribution < -0.4 is 15.4 Å². The Labute approximate surface area is 145 Å². The molecule has 2 aromatic carbocycles. The molecule has 132 valence electrons. The van der Waals surface area contributed by atoms with Crippen LogP contribution in [0.4, 0.5) is 5.69 Å². The van der Waals surface area contributed by atoms with Crippen molar-refractivity contribution in [2.75, 3.05) is 25.2 Å². The zero-order chi connectivity index (χ0) is 18.4. The molecule has 0 unspecified atom stereocenters. The Balaban J connectivity index is 2.05. The van der Waals surface area contributed by atoms with Gasteiger partial charge in [-0.25, -0.2) is 8.42 Å². The van der Waals surface area contributed by atoms with Gasteiger partial charge in [-0.2, -0.15) is 0 Å². The van der Waals surface area contributed by atoms with Crippen LogP contribution in [0.1, 0.15) is 10.4 Å². The number of nitrogens with one attached hydrogen (secondary N) is 2. The summed E-state index contributed by atoms with van der Waals surface area (Å²) in [4.78, 5) is 23.9. The molecule has 7 nitrogen and oxygen atoms in total. The Morgan fingerprint density at radius 2 is 1.76 bits per heavy atom. The Kier molecular flexibility index (Phi) is 5.76. The molecule has 2 aromatic rings. The molecule has 8 heteroatoms. The van der Waals surface area contributed by atoms with Crippen molar-refractivity contribution in [3.63, 3.8) is 0 Å². The smallest absolute Gasteiger partial charge is 0.251 e. The van der Waals surface area contributed by atoms with E-state index in [9.17, 15) is 18.0 Å². The SMILES string of the molecule is COc1ccc(C(=O)NCC(=O)Nc2ccccc2)cc1S(C)(=O)=O. The summed E-state index contributed by atoms with van der Waals surface area (Å²) < 4.78 is 28.6. The first-order valence-electron chi connectivity index (χ1n) is 7.32. The molecule has 0 aliphatic carbocycles. The lowest BCUT2D eigenvalue weighted by atomic mass is 10.2. The Morgan fingerprint density at radius 3 is 2.36 bits per heavy atom. The van der Waals surface area contributed by atoms with E-state index in [2.05, 4.69) is 10.6 Å². The maximum atomic E-state index is 12.2. The van der Waals surface area contributed by atoms with Crippen LogP contribution in [0.5, 0.6) is 5.75 Å². The van der Waals surface area contributed by atoms with Crippen molar-refractivity contribution in [2.24, 2.45) is 0 Å². The fraction of sp³-hybridized carbons (Fsp3) is 0.176. The molecule has 0 heterocycles. The number of amides is 2. The third-order valence-electron chi connectivity index (χ3n) is 3.29. The van der Waals surface area contributed by atoms with Crippen LogP contribution in [0, 0.1) is 0 Å². The molecule has 2 amide bonds. The van der Waals surface area contributed by atoms with Crippen LogP contribution in [-0.2, 0) is 14.6 Å². The zero-order valence-electron chi connectivity index (χ0n) is 13.8. The highest BCUT2D eigenvalue weighted by molar-refractivity contribution is 7.90. The second-order valence-corrected chi connectivity index (χ2v) is 7.22. The van der Waals surface area contributed by atoms with Crippen LogP contribution in [0.3, 0.4) is 0 Å². The molecule has 25 heavy (non-hydrogen) atoms. The average Bonchev–Trinajstić information content (AvgIpc) is 2.59. The van der Waals surface area contributed by atoms with Crippen molar-refractivity contribution < 1.29 is 22.7 Å². The molecular formula is C17H18N2O5S. The molecular weight excluding hydrogens is 344 g/mol. The number of hydrogen-bond donors (Lipinski definition) is 2. The third-order valence-corrected chi connectivity index (χ3v) is 4.41. The quantitative estimate of drug-likeness (QED) is 0.810. The van der Waals surface area contributed by atoms with E-state index in [1.165, 1.54) is 25.3 Å². The van der Waals surface area contributed by atoms with Gasteiger partial charge in [0, 0.05) is 17.5 Å². The third kappa shape index (κ3) is 5.05. The number of ether oxygens (including phenoxy) is 1. The number of para-hydroxylation sites is 1. The second kappa shape index (κ2) is 7.80. The molecule has 0 spiro atoms. The van der Waals surface area contributed by atoms with Gasteiger partial charge in [-0.15, -0.1) is 0 Å². The first kappa shape index (κ1) is 18.5. The molecule has 0 fully saturated rings. The molecule has 0 bridgehead atoms. The summed E-state index contributed by atoms with van der Waals surface area (Å²) in [5, 5.41) is 5.08. The van der Waals surface area contributed by atoms with Crippen LogP contribution in [-0.4, -0.2) is 40.1 Å². The van der Waals surface area contributed by atoms with E-state index in [1.807, 2.05) is 6.07 Å². The van der Waals surface area contributed by atoms with Crippen molar-refractivity contribution in [1.29, 1.82) is 0 Å². The molecule has 0 aliphatic rings. The highest BCUT2D eigenvalue weighted by Gasteiger charge is 2.17. The molecule has 2 rings (SSSR count). The molecule has 0 saturated heterocycles. The maximum absolute atomic E-state index is 12.2. The normalized spacial score (nSPS) is 10.8. The average molecular weight is 362 g/mol. The van der Waals surface area contributed by atoms with Gasteiger partial charge in [0.1, 0.15) is 10.6 Å². The van der Waals surface area contributed by atoms with Crippen molar-refractivity contribution in [2.45, 2.75) is 4.90 Å².